The fourth-order valence-electron chi connectivity index (χ4n) is 3.63. The van der Waals surface area contributed by atoms with Crippen LogP contribution in [0.1, 0.15) is 31.8 Å². The molecule has 1 aliphatic rings. The molecule has 0 spiro atoms. The second kappa shape index (κ2) is 9.49. The number of aryl methyl sites for hydroxylation is 1. The molecule has 0 amide bonds. The predicted octanol–water partition coefficient (Wildman–Crippen LogP) is 5.51. The molecule has 1 heterocycles. The van der Waals surface area contributed by atoms with Gasteiger partial charge in [0.1, 0.15) is 17.2 Å². The van der Waals surface area contributed by atoms with Crippen LogP contribution in [0.5, 0.6) is 28.7 Å². The standard InChI is InChI=1S/C26H21ClO7/c1-14-9-16(33-26(29)17-7-5-6-8-18(17)27)12-22-24(14)25(28)23(34-22)11-15-10-20(31-3)21(32-4)13-19(15)30-2/h5-13H,1-4H3/b23-11-. The first kappa shape index (κ1) is 23.2. The molecule has 0 unspecified atom stereocenters. The van der Waals surface area contributed by atoms with E-state index in [1.807, 2.05) is 0 Å². The van der Waals surface area contributed by atoms with Gasteiger partial charge in [0.2, 0.25) is 5.78 Å². The zero-order valence-corrected chi connectivity index (χ0v) is 19.7. The van der Waals surface area contributed by atoms with Gasteiger partial charge in [-0.05, 0) is 42.8 Å². The van der Waals surface area contributed by atoms with Gasteiger partial charge in [-0.25, -0.2) is 4.79 Å². The second-order valence-corrected chi connectivity index (χ2v) is 7.78. The molecule has 174 valence electrons. The minimum Gasteiger partial charge on any atom is -0.496 e. The molecule has 0 aliphatic carbocycles. The first-order chi connectivity index (χ1) is 16.4. The number of carbonyl (C=O) groups is 2. The average molecular weight is 481 g/mol. The molecule has 3 aromatic carbocycles. The number of ether oxygens (including phenoxy) is 5. The van der Waals surface area contributed by atoms with Crippen LogP contribution in [-0.4, -0.2) is 33.1 Å². The number of rotatable bonds is 6. The van der Waals surface area contributed by atoms with E-state index >= 15 is 0 Å². The van der Waals surface area contributed by atoms with Gasteiger partial charge in [0.05, 0.1) is 37.5 Å². The summed E-state index contributed by atoms with van der Waals surface area (Å²) in [7, 11) is 4.55. The Bertz CT molecular complexity index is 1330. The van der Waals surface area contributed by atoms with Crippen molar-refractivity contribution in [2.24, 2.45) is 0 Å². The van der Waals surface area contributed by atoms with E-state index in [-0.39, 0.29) is 33.6 Å². The van der Waals surface area contributed by atoms with Crippen LogP contribution in [-0.2, 0) is 0 Å². The molecule has 0 atom stereocenters. The van der Waals surface area contributed by atoms with Crippen LogP contribution in [0.15, 0.2) is 54.3 Å². The number of methoxy groups -OCH3 is 3. The average Bonchev–Trinajstić information content (AvgIpc) is 3.14. The minimum absolute atomic E-state index is 0.0956. The summed E-state index contributed by atoms with van der Waals surface area (Å²) in [6.45, 7) is 1.74. The van der Waals surface area contributed by atoms with Crippen molar-refractivity contribution in [2.45, 2.75) is 6.92 Å². The molecule has 0 saturated heterocycles. The lowest BCUT2D eigenvalue weighted by atomic mass is 10.0. The van der Waals surface area contributed by atoms with E-state index in [0.717, 1.165) is 0 Å². The summed E-state index contributed by atoms with van der Waals surface area (Å²) in [6.07, 6.45) is 1.57. The normalized spacial score (nSPS) is 13.3. The number of fused-ring (bicyclic) bond motifs is 1. The van der Waals surface area contributed by atoms with E-state index in [1.54, 1.807) is 55.5 Å². The molecule has 0 aromatic heterocycles. The van der Waals surface area contributed by atoms with Gasteiger partial charge in [-0.3, -0.25) is 4.79 Å². The summed E-state index contributed by atoms with van der Waals surface area (Å²) in [6, 6.07) is 13.0. The van der Waals surface area contributed by atoms with E-state index in [4.69, 9.17) is 35.3 Å². The number of esters is 1. The third-order valence-electron chi connectivity index (χ3n) is 5.27. The zero-order chi connectivity index (χ0) is 24.4. The quantitative estimate of drug-likeness (QED) is 0.261. The first-order valence-corrected chi connectivity index (χ1v) is 10.6. The Kier molecular flexibility index (Phi) is 6.47. The highest BCUT2D eigenvalue weighted by Crippen LogP contribution is 2.40. The van der Waals surface area contributed by atoms with Gasteiger partial charge >= 0.3 is 5.97 Å². The molecule has 0 fully saturated rings. The van der Waals surface area contributed by atoms with Crippen molar-refractivity contribution in [3.63, 3.8) is 0 Å². The van der Waals surface area contributed by atoms with Crippen molar-refractivity contribution in [3.05, 3.63) is 81.6 Å². The summed E-state index contributed by atoms with van der Waals surface area (Å²) in [5.74, 6) is 1.15. The van der Waals surface area contributed by atoms with Gasteiger partial charge < -0.3 is 23.7 Å². The minimum atomic E-state index is -0.611. The molecule has 0 saturated carbocycles. The van der Waals surface area contributed by atoms with Crippen molar-refractivity contribution < 1.29 is 33.3 Å². The number of hydrogen-bond donors (Lipinski definition) is 0. The number of hydrogen-bond acceptors (Lipinski definition) is 7. The van der Waals surface area contributed by atoms with E-state index in [2.05, 4.69) is 0 Å². The van der Waals surface area contributed by atoms with Crippen LogP contribution in [0, 0.1) is 6.92 Å². The van der Waals surface area contributed by atoms with Gasteiger partial charge in [-0.2, -0.15) is 0 Å². The molecule has 0 bridgehead atoms. The van der Waals surface area contributed by atoms with Crippen LogP contribution in [0.2, 0.25) is 5.02 Å². The highest BCUT2D eigenvalue weighted by Gasteiger charge is 2.31. The van der Waals surface area contributed by atoms with Gasteiger partial charge in [0.25, 0.3) is 0 Å². The lowest BCUT2D eigenvalue weighted by Crippen LogP contribution is -2.09. The monoisotopic (exact) mass is 480 g/mol. The van der Waals surface area contributed by atoms with Gasteiger partial charge in [-0.1, -0.05) is 23.7 Å². The molecular weight excluding hydrogens is 460 g/mol. The van der Waals surface area contributed by atoms with E-state index in [9.17, 15) is 9.59 Å². The Balaban J connectivity index is 1.66. The maximum absolute atomic E-state index is 13.1. The first-order valence-electron chi connectivity index (χ1n) is 10.2. The van der Waals surface area contributed by atoms with Gasteiger partial charge in [0.15, 0.2) is 17.3 Å². The zero-order valence-electron chi connectivity index (χ0n) is 18.9. The Morgan fingerprint density at radius 2 is 1.62 bits per heavy atom. The van der Waals surface area contributed by atoms with Crippen molar-refractivity contribution in [1.29, 1.82) is 0 Å². The van der Waals surface area contributed by atoms with E-state index < -0.39 is 5.97 Å². The highest BCUT2D eigenvalue weighted by molar-refractivity contribution is 6.33. The van der Waals surface area contributed by atoms with Crippen molar-refractivity contribution in [2.75, 3.05) is 21.3 Å². The summed E-state index contributed by atoms with van der Waals surface area (Å²) in [5, 5.41) is 0.283. The predicted molar refractivity (Wildman–Crippen MR) is 127 cm³/mol. The summed E-state index contributed by atoms with van der Waals surface area (Å²) >= 11 is 6.09. The number of ketones is 1. The smallest absolute Gasteiger partial charge is 0.345 e. The third-order valence-corrected chi connectivity index (χ3v) is 5.60. The lowest BCUT2D eigenvalue weighted by Gasteiger charge is -2.12. The Hall–Kier alpha value is -3.97. The SMILES string of the molecule is COc1cc(OC)c(OC)cc1/C=C1\Oc2cc(OC(=O)c3ccccc3Cl)cc(C)c2C1=O. The largest absolute Gasteiger partial charge is 0.496 e. The number of allylic oxidation sites excluding steroid dienone is 1. The molecule has 3 aromatic rings. The number of carbonyl (C=O) groups excluding carboxylic acids is 2. The van der Waals surface area contributed by atoms with Crippen molar-refractivity contribution in [3.8, 4) is 28.7 Å². The summed E-state index contributed by atoms with van der Waals surface area (Å²) in [4.78, 5) is 25.6. The lowest BCUT2D eigenvalue weighted by molar-refractivity contribution is 0.0734. The Labute approximate surface area is 201 Å². The fourth-order valence-corrected chi connectivity index (χ4v) is 3.84. The maximum atomic E-state index is 13.1. The van der Waals surface area contributed by atoms with E-state index in [0.29, 0.717) is 33.9 Å². The summed E-state index contributed by atoms with van der Waals surface area (Å²) in [5.41, 5.74) is 1.80. The van der Waals surface area contributed by atoms with Gasteiger partial charge in [-0.15, -0.1) is 0 Å². The summed E-state index contributed by atoms with van der Waals surface area (Å²) < 4.78 is 27.4. The Morgan fingerprint density at radius 1 is 0.941 bits per heavy atom. The maximum Gasteiger partial charge on any atom is 0.345 e. The number of Topliss-reactive ketones (excluding diaryl/α,β-unsaturated/α-hetero) is 1. The number of halogens is 1. The fraction of sp³-hybridized carbons (Fsp3) is 0.154. The molecule has 0 radical (unpaired) electrons. The van der Waals surface area contributed by atoms with Crippen LogP contribution >= 0.6 is 11.6 Å². The van der Waals surface area contributed by atoms with Crippen LogP contribution < -0.4 is 23.7 Å². The van der Waals surface area contributed by atoms with Crippen LogP contribution in [0.4, 0.5) is 0 Å². The molecular formula is C26H21ClO7. The molecule has 8 heteroatoms. The molecule has 7 nitrogen and oxygen atoms in total. The van der Waals surface area contributed by atoms with Crippen molar-refractivity contribution >= 4 is 29.4 Å². The Morgan fingerprint density at radius 3 is 2.29 bits per heavy atom. The topological polar surface area (TPSA) is 80.3 Å². The molecule has 4 rings (SSSR count). The third kappa shape index (κ3) is 4.30. The second-order valence-electron chi connectivity index (χ2n) is 7.37. The molecule has 34 heavy (non-hydrogen) atoms. The molecule has 0 N–H and O–H groups in total. The van der Waals surface area contributed by atoms with Gasteiger partial charge in [0, 0.05) is 17.7 Å². The van der Waals surface area contributed by atoms with E-state index in [1.165, 1.54) is 27.4 Å². The van der Waals surface area contributed by atoms with Crippen molar-refractivity contribution in [1.82, 2.24) is 0 Å². The molecule has 1 aliphatic heterocycles. The highest BCUT2D eigenvalue weighted by atomic mass is 35.5. The van der Waals surface area contributed by atoms with Crippen LogP contribution in [0.25, 0.3) is 6.08 Å². The van der Waals surface area contributed by atoms with Crippen LogP contribution in [0.3, 0.4) is 0 Å². The number of benzene rings is 3.